The van der Waals surface area contributed by atoms with Gasteiger partial charge in [-0.2, -0.15) is 0 Å². The Morgan fingerprint density at radius 3 is 2.28 bits per heavy atom. The Morgan fingerprint density at radius 2 is 1.60 bits per heavy atom. The summed E-state index contributed by atoms with van der Waals surface area (Å²) < 4.78 is 15.6. The van der Waals surface area contributed by atoms with Gasteiger partial charge in [-0.3, -0.25) is 0 Å². The first kappa shape index (κ1) is 17.7. The maximum atomic E-state index is 5.21. The Bertz CT molecular complexity index is 832. The summed E-state index contributed by atoms with van der Waals surface area (Å²) in [5.41, 5.74) is 3.30. The van der Waals surface area contributed by atoms with Crippen molar-refractivity contribution < 1.29 is 14.2 Å². The van der Waals surface area contributed by atoms with Crippen LogP contribution in [-0.4, -0.2) is 38.4 Å². The second kappa shape index (κ2) is 8.34. The van der Waals surface area contributed by atoms with E-state index in [-0.39, 0.29) is 6.29 Å². The van der Waals surface area contributed by atoms with Crippen LogP contribution in [0.3, 0.4) is 0 Å². The molecule has 0 fully saturated rings. The van der Waals surface area contributed by atoms with Gasteiger partial charge in [-0.15, -0.1) is 11.8 Å². The van der Waals surface area contributed by atoms with Crippen molar-refractivity contribution in [3.05, 3.63) is 54.6 Å². The van der Waals surface area contributed by atoms with E-state index < -0.39 is 0 Å². The van der Waals surface area contributed by atoms with E-state index in [1.54, 1.807) is 33.1 Å². The minimum atomic E-state index is -0.222. The standard InChI is InChI=1S/C20H21NO3S/c1-22-17-8-4-14(5-9-17)15-6-10-18-16(12-15)7-11-19(21-18)25-13-20(23-2)24-3/h4-12,20H,13H2,1-3H3. The summed E-state index contributed by atoms with van der Waals surface area (Å²) in [6, 6.07) is 18.5. The third-order valence-electron chi connectivity index (χ3n) is 3.98. The van der Waals surface area contributed by atoms with Crippen LogP contribution in [0.25, 0.3) is 22.0 Å². The van der Waals surface area contributed by atoms with Gasteiger partial charge in [0.2, 0.25) is 0 Å². The van der Waals surface area contributed by atoms with Crippen LogP contribution >= 0.6 is 11.8 Å². The molecule has 2 aromatic carbocycles. The monoisotopic (exact) mass is 355 g/mol. The summed E-state index contributed by atoms with van der Waals surface area (Å²) in [4.78, 5) is 4.71. The Kier molecular flexibility index (Phi) is 5.91. The number of fused-ring (bicyclic) bond motifs is 1. The molecule has 3 rings (SSSR count). The van der Waals surface area contributed by atoms with Crippen molar-refractivity contribution in [1.29, 1.82) is 0 Å². The summed E-state index contributed by atoms with van der Waals surface area (Å²) in [5, 5.41) is 2.08. The molecule has 25 heavy (non-hydrogen) atoms. The highest BCUT2D eigenvalue weighted by molar-refractivity contribution is 7.99. The molecular formula is C20H21NO3S. The summed E-state index contributed by atoms with van der Waals surface area (Å²) in [5.74, 6) is 1.56. The van der Waals surface area contributed by atoms with Gasteiger partial charge in [0, 0.05) is 19.6 Å². The van der Waals surface area contributed by atoms with Crippen LogP contribution in [0, 0.1) is 0 Å². The first-order valence-corrected chi connectivity index (χ1v) is 8.95. The first-order valence-electron chi connectivity index (χ1n) is 7.97. The van der Waals surface area contributed by atoms with E-state index in [1.807, 2.05) is 18.2 Å². The van der Waals surface area contributed by atoms with E-state index in [1.165, 1.54) is 0 Å². The molecule has 0 bridgehead atoms. The van der Waals surface area contributed by atoms with Gasteiger partial charge in [-0.25, -0.2) is 4.98 Å². The topological polar surface area (TPSA) is 40.6 Å². The van der Waals surface area contributed by atoms with Crippen LogP contribution in [0.4, 0.5) is 0 Å². The normalized spacial score (nSPS) is 11.2. The minimum Gasteiger partial charge on any atom is -0.497 e. The lowest BCUT2D eigenvalue weighted by molar-refractivity contribution is -0.0842. The SMILES string of the molecule is COc1ccc(-c2ccc3nc(SCC(OC)OC)ccc3c2)cc1. The number of nitrogens with zero attached hydrogens (tertiary/aromatic N) is 1. The molecule has 0 N–H and O–H groups in total. The molecule has 0 saturated heterocycles. The van der Waals surface area contributed by atoms with E-state index in [9.17, 15) is 0 Å². The molecule has 3 aromatic rings. The molecule has 5 heteroatoms. The van der Waals surface area contributed by atoms with Crippen LogP contribution in [0.15, 0.2) is 59.6 Å². The molecule has 0 spiro atoms. The zero-order valence-corrected chi connectivity index (χ0v) is 15.4. The smallest absolute Gasteiger partial charge is 0.166 e. The zero-order valence-electron chi connectivity index (χ0n) is 14.6. The van der Waals surface area contributed by atoms with E-state index in [0.717, 1.165) is 32.8 Å². The van der Waals surface area contributed by atoms with Crippen LogP contribution in [0.2, 0.25) is 0 Å². The molecule has 0 atom stereocenters. The van der Waals surface area contributed by atoms with Crippen molar-refractivity contribution >= 4 is 22.7 Å². The molecule has 0 saturated carbocycles. The van der Waals surface area contributed by atoms with Gasteiger partial charge in [0.1, 0.15) is 5.75 Å². The summed E-state index contributed by atoms with van der Waals surface area (Å²) in [6.07, 6.45) is -0.222. The van der Waals surface area contributed by atoms with E-state index in [2.05, 4.69) is 36.4 Å². The maximum absolute atomic E-state index is 5.21. The quantitative estimate of drug-likeness (QED) is 0.457. The lowest BCUT2D eigenvalue weighted by Gasteiger charge is -2.12. The summed E-state index contributed by atoms with van der Waals surface area (Å²) >= 11 is 1.62. The van der Waals surface area contributed by atoms with Crippen molar-refractivity contribution in [2.24, 2.45) is 0 Å². The Balaban J connectivity index is 1.80. The van der Waals surface area contributed by atoms with Gasteiger partial charge in [0.25, 0.3) is 0 Å². The highest BCUT2D eigenvalue weighted by atomic mass is 32.2. The van der Waals surface area contributed by atoms with Crippen LogP contribution in [0.1, 0.15) is 0 Å². The van der Waals surface area contributed by atoms with Gasteiger partial charge >= 0.3 is 0 Å². The molecule has 130 valence electrons. The van der Waals surface area contributed by atoms with E-state index in [0.29, 0.717) is 5.75 Å². The number of hydrogen-bond donors (Lipinski definition) is 0. The molecule has 4 nitrogen and oxygen atoms in total. The van der Waals surface area contributed by atoms with Crippen molar-refractivity contribution in [2.45, 2.75) is 11.3 Å². The predicted molar refractivity (Wildman–Crippen MR) is 102 cm³/mol. The molecule has 0 unspecified atom stereocenters. The molecule has 1 heterocycles. The minimum absolute atomic E-state index is 0.222. The first-order chi connectivity index (χ1) is 12.2. The zero-order chi connectivity index (χ0) is 17.6. The van der Waals surface area contributed by atoms with Crippen molar-refractivity contribution in [3.63, 3.8) is 0 Å². The second-order valence-electron chi connectivity index (χ2n) is 5.50. The highest BCUT2D eigenvalue weighted by Crippen LogP contribution is 2.27. The Morgan fingerprint density at radius 1 is 0.880 bits per heavy atom. The molecule has 0 radical (unpaired) electrons. The Hall–Kier alpha value is -2.08. The molecule has 1 aromatic heterocycles. The molecule has 0 aliphatic heterocycles. The van der Waals surface area contributed by atoms with Crippen LogP contribution in [0.5, 0.6) is 5.75 Å². The van der Waals surface area contributed by atoms with Crippen molar-refractivity contribution in [2.75, 3.05) is 27.1 Å². The third kappa shape index (κ3) is 4.31. The number of thioether (sulfide) groups is 1. The number of pyridine rings is 1. The highest BCUT2D eigenvalue weighted by Gasteiger charge is 2.08. The molecule has 0 aliphatic carbocycles. The number of methoxy groups -OCH3 is 3. The fourth-order valence-corrected chi connectivity index (χ4v) is 3.44. The number of benzene rings is 2. The Labute approximate surface area is 152 Å². The van der Waals surface area contributed by atoms with E-state index >= 15 is 0 Å². The number of rotatable bonds is 7. The molecular weight excluding hydrogens is 334 g/mol. The van der Waals surface area contributed by atoms with Gasteiger partial charge in [0.05, 0.1) is 23.4 Å². The number of aromatic nitrogens is 1. The maximum Gasteiger partial charge on any atom is 0.166 e. The summed E-state index contributed by atoms with van der Waals surface area (Å²) in [7, 11) is 4.96. The average molecular weight is 355 g/mol. The van der Waals surface area contributed by atoms with Crippen LogP contribution in [-0.2, 0) is 9.47 Å². The van der Waals surface area contributed by atoms with E-state index in [4.69, 9.17) is 19.2 Å². The lowest BCUT2D eigenvalue weighted by Crippen LogP contribution is -2.15. The van der Waals surface area contributed by atoms with Crippen LogP contribution < -0.4 is 4.74 Å². The average Bonchev–Trinajstić information content (AvgIpc) is 2.68. The second-order valence-corrected chi connectivity index (χ2v) is 6.54. The third-order valence-corrected chi connectivity index (χ3v) is 4.94. The van der Waals surface area contributed by atoms with Crippen molar-refractivity contribution in [1.82, 2.24) is 4.98 Å². The van der Waals surface area contributed by atoms with Gasteiger partial charge in [0.15, 0.2) is 6.29 Å². The fourth-order valence-electron chi connectivity index (χ4n) is 2.54. The van der Waals surface area contributed by atoms with Gasteiger partial charge < -0.3 is 14.2 Å². The molecule has 0 aliphatic rings. The molecule has 0 amide bonds. The number of hydrogen-bond acceptors (Lipinski definition) is 5. The number of ether oxygens (including phenoxy) is 3. The lowest BCUT2D eigenvalue weighted by atomic mass is 10.0. The van der Waals surface area contributed by atoms with Crippen molar-refractivity contribution in [3.8, 4) is 16.9 Å². The van der Waals surface area contributed by atoms with Gasteiger partial charge in [-0.1, -0.05) is 24.3 Å². The largest absolute Gasteiger partial charge is 0.497 e. The van der Waals surface area contributed by atoms with Gasteiger partial charge in [-0.05, 0) is 41.5 Å². The summed E-state index contributed by atoms with van der Waals surface area (Å²) in [6.45, 7) is 0. The fraction of sp³-hybridized carbons (Fsp3) is 0.250. The predicted octanol–water partition coefficient (Wildman–Crippen LogP) is 4.62.